The van der Waals surface area contributed by atoms with Crippen molar-refractivity contribution in [1.29, 1.82) is 0 Å². The Morgan fingerprint density at radius 2 is 2.03 bits per heavy atom. The number of alkyl halides is 2. The van der Waals surface area contributed by atoms with Gasteiger partial charge in [-0.25, -0.2) is 14.7 Å². The van der Waals surface area contributed by atoms with E-state index in [0.29, 0.717) is 40.4 Å². The van der Waals surface area contributed by atoms with Crippen molar-refractivity contribution in [2.45, 2.75) is 44.5 Å². The van der Waals surface area contributed by atoms with E-state index in [-0.39, 0.29) is 12.6 Å². The molecule has 1 heterocycles. The molecule has 0 amide bonds. The van der Waals surface area contributed by atoms with Gasteiger partial charge in [0, 0.05) is 29.0 Å². The Bertz CT molecular complexity index is 759. The van der Waals surface area contributed by atoms with Crippen molar-refractivity contribution < 1.29 is 14.0 Å². The first-order chi connectivity index (χ1) is 14.2. The van der Waals surface area contributed by atoms with Gasteiger partial charge in [0.1, 0.15) is 12.3 Å². The van der Waals surface area contributed by atoms with Gasteiger partial charge in [0.25, 0.3) is 0 Å². The molecule has 0 radical (unpaired) electrons. The summed E-state index contributed by atoms with van der Waals surface area (Å²) >= 11 is 11.2. The number of rotatable bonds is 15. The van der Waals surface area contributed by atoms with Gasteiger partial charge in [-0.15, -0.1) is 0 Å². The van der Waals surface area contributed by atoms with E-state index in [1.54, 1.807) is 10.7 Å². The zero-order valence-electron chi connectivity index (χ0n) is 17.2. The Labute approximate surface area is 200 Å². The lowest BCUT2D eigenvalue weighted by Gasteiger charge is -2.26. The molecule has 1 aromatic rings. The number of imidazole rings is 1. The van der Waals surface area contributed by atoms with Gasteiger partial charge in [0.05, 0.1) is 7.05 Å². The van der Waals surface area contributed by atoms with Crippen LogP contribution < -0.4 is 5.50 Å². The second-order valence-electron chi connectivity index (χ2n) is 6.65. The highest BCUT2D eigenvalue weighted by atomic mass is 79.9. The van der Waals surface area contributed by atoms with E-state index >= 15 is 0 Å². The topological polar surface area (TPSA) is 117 Å². The number of hydrogen-bond acceptors (Lipinski definition) is 6. The summed E-state index contributed by atoms with van der Waals surface area (Å²) < 4.78 is 21.3. The van der Waals surface area contributed by atoms with Crippen molar-refractivity contribution in [3.63, 3.8) is 0 Å². The summed E-state index contributed by atoms with van der Waals surface area (Å²) in [5.41, 5.74) is 6.81. The van der Waals surface area contributed by atoms with Crippen molar-refractivity contribution in [1.82, 2.24) is 14.2 Å². The Hall–Kier alpha value is -0.230. The number of thiol groups is 1. The zero-order valence-corrected chi connectivity index (χ0v) is 22.2. The largest absolute Gasteiger partial charge is 0.435 e. The molecule has 0 aliphatic carbocycles. The molecule has 2 unspecified atom stereocenters. The first-order valence-corrected chi connectivity index (χ1v) is 14.0. The number of nitro groups is 1. The third-order valence-corrected chi connectivity index (χ3v) is 7.33. The highest BCUT2D eigenvalue weighted by Crippen LogP contribution is 2.43. The summed E-state index contributed by atoms with van der Waals surface area (Å²) in [6.45, 7) is 2.85. The van der Waals surface area contributed by atoms with Crippen LogP contribution in [-0.4, -0.2) is 48.1 Å². The van der Waals surface area contributed by atoms with Crippen LogP contribution in [0.5, 0.6) is 0 Å². The molecule has 0 saturated heterocycles. The quantitative estimate of drug-likeness (QED) is 0.0981. The lowest BCUT2D eigenvalue weighted by Crippen LogP contribution is -2.29. The molecule has 0 aliphatic rings. The van der Waals surface area contributed by atoms with Crippen molar-refractivity contribution in [2.75, 3.05) is 23.7 Å². The third-order valence-electron chi connectivity index (χ3n) is 4.41. The first-order valence-electron chi connectivity index (χ1n) is 9.63. The fraction of sp³-hybridized carbons (Fsp3) is 0.706. The molecule has 0 fully saturated rings. The first kappa shape index (κ1) is 27.8. The predicted octanol–water partition coefficient (Wildman–Crippen LogP) is 4.90. The lowest BCUT2D eigenvalue weighted by molar-refractivity contribution is -0.396. The summed E-state index contributed by atoms with van der Waals surface area (Å²) in [6, 6.07) is 0. The van der Waals surface area contributed by atoms with Crippen LogP contribution in [0.4, 0.5) is 5.95 Å². The van der Waals surface area contributed by atoms with Crippen molar-refractivity contribution in [3.8, 4) is 0 Å². The van der Waals surface area contributed by atoms with E-state index in [2.05, 4.69) is 56.4 Å². The van der Waals surface area contributed by atoms with E-state index in [1.165, 1.54) is 11.6 Å². The molecule has 9 nitrogen and oxygen atoms in total. The SMILES string of the molecule is CCCC(S)CC/C=C/c1nc([N+](=O)[O-])n(C)c1COP(N)(=O)N(CCBr)CCBr. The maximum atomic E-state index is 12.9. The molecular weight excluding hydrogens is 561 g/mol. The van der Waals surface area contributed by atoms with Crippen molar-refractivity contribution in [2.24, 2.45) is 12.6 Å². The second kappa shape index (κ2) is 14.0. The average molecular weight is 591 g/mol. The number of halogens is 2. The number of nitrogens with zero attached hydrogens (tertiary/aromatic N) is 4. The number of aromatic nitrogens is 2. The summed E-state index contributed by atoms with van der Waals surface area (Å²) in [7, 11) is -2.05. The Kier molecular flexibility index (Phi) is 13.0. The van der Waals surface area contributed by atoms with Gasteiger partial charge in [-0.2, -0.15) is 12.6 Å². The highest BCUT2D eigenvalue weighted by Gasteiger charge is 2.30. The molecule has 2 atom stereocenters. The zero-order chi connectivity index (χ0) is 22.7. The molecule has 172 valence electrons. The standard InChI is InChI=1S/C17H30Br2N5O4PS/c1-3-6-14(30)7-4-5-8-15-16(22(2)17(21-15)24(25)26)13-28-29(20,27)23(11-9-18)12-10-19/h5,8,14,30H,3-4,6-7,9-13H2,1-2H3,(H2,20,27)/b8-5+. The van der Waals surface area contributed by atoms with E-state index in [9.17, 15) is 14.7 Å². The maximum absolute atomic E-state index is 12.9. The fourth-order valence-corrected chi connectivity index (χ4v) is 5.83. The van der Waals surface area contributed by atoms with Crippen LogP contribution in [0.1, 0.15) is 44.0 Å². The second-order valence-corrected chi connectivity index (χ2v) is 10.9. The molecule has 0 spiro atoms. The summed E-state index contributed by atoms with van der Waals surface area (Å²) in [5.74, 6) is -0.309. The highest BCUT2D eigenvalue weighted by molar-refractivity contribution is 9.09. The minimum absolute atomic E-state index is 0.156. The van der Waals surface area contributed by atoms with E-state index < -0.39 is 12.6 Å². The van der Waals surface area contributed by atoms with Crippen LogP contribution in [0, 0.1) is 10.1 Å². The maximum Gasteiger partial charge on any atom is 0.435 e. The van der Waals surface area contributed by atoms with Gasteiger partial charge in [-0.05, 0) is 30.3 Å². The molecule has 2 N–H and O–H groups in total. The molecule has 1 rings (SSSR count). The minimum Gasteiger partial charge on any atom is -0.390 e. The third kappa shape index (κ3) is 8.72. The van der Waals surface area contributed by atoms with Gasteiger partial charge >= 0.3 is 13.6 Å². The van der Waals surface area contributed by atoms with Crippen molar-refractivity contribution in [3.05, 3.63) is 27.6 Å². The van der Waals surface area contributed by atoms with Gasteiger partial charge in [0.15, 0.2) is 5.69 Å². The molecule has 0 aromatic carbocycles. The predicted molar refractivity (Wildman–Crippen MR) is 132 cm³/mol. The average Bonchev–Trinajstić information content (AvgIpc) is 2.99. The van der Waals surface area contributed by atoms with Crippen LogP contribution in [0.2, 0.25) is 0 Å². The van der Waals surface area contributed by atoms with Crippen LogP contribution in [0.25, 0.3) is 6.08 Å². The van der Waals surface area contributed by atoms with Crippen LogP contribution >= 0.6 is 52.2 Å². The number of hydrogen-bond donors (Lipinski definition) is 2. The lowest BCUT2D eigenvalue weighted by atomic mass is 10.1. The van der Waals surface area contributed by atoms with Gasteiger partial charge < -0.3 is 10.1 Å². The number of nitrogens with two attached hydrogens (primary N) is 1. The molecule has 0 saturated carbocycles. The van der Waals surface area contributed by atoms with Crippen LogP contribution in [-0.2, 0) is 22.7 Å². The van der Waals surface area contributed by atoms with E-state index in [4.69, 9.17) is 10.0 Å². The smallest absolute Gasteiger partial charge is 0.390 e. The molecule has 1 aromatic heterocycles. The monoisotopic (exact) mass is 589 g/mol. The normalized spacial score (nSPS) is 15.0. The summed E-state index contributed by atoms with van der Waals surface area (Å²) in [5, 5.41) is 12.8. The van der Waals surface area contributed by atoms with E-state index in [0.717, 1.165) is 25.7 Å². The summed E-state index contributed by atoms with van der Waals surface area (Å²) in [4.78, 5) is 14.8. The van der Waals surface area contributed by atoms with Crippen LogP contribution in [0.3, 0.4) is 0 Å². The Morgan fingerprint density at radius 1 is 1.40 bits per heavy atom. The molecule has 0 aliphatic heterocycles. The van der Waals surface area contributed by atoms with Gasteiger partial charge in [0.2, 0.25) is 0 Å². The van der Waals surface area contributed by atoms with Crippen LogP contribution in [0.15, 0.2) is 6.08 Å². The van der Waals surface area contributed by atoms with E-state index in [1.807, 2.05) is 6.08 Å². The fourth-order valence-electron chi connectivity index (χ4n) is 2.79. The molecule has 13 heteroatoms. The Balaban J connectivity index is 2.99. The van der Waals surface area contributed by atoms with Gasteiger partial charge in [-0.1, -0.05) is 56.3 Å². The number of allylic oxidation sites excluding steroid dienone is 1. The molecule has 30 heavy (non-hydrogen) atoms. The molecule has 0 bridgehead atoms. The van der Waals surface area contributed by atoms with Crippen molar-refractivity contribution >= 4 is 64.2 Å². The molecular formula is C17H30Br2N5O4PS. The minimum atomic E-state index is -3.58. The van der Waals surface area contributed by atoms with Gasteiger partial charge in [-0.3, -0.25) is 9.09 Å². The Morgan fingerprint density at radius 3 is 2.57 bits per heavy atom. The summed E-state index contributed by atoms with van der Waals surface area (Å²) in [6.07, 6.45) is 7.44.